The van der Waals surface area contributed by atoms with Gasteiger partial charge in [0.25, 0.3) is 0 Å². The van der Waals surface area contributed by atoms with Gasteiger partial charge in [-0.25, -0.2) is 15.0 Å². The van der Waals surface area contributed by atoms with Gasteiger partial charge in [-0.05, 0) is 6.92 Å². The Balaban J connectivity index is 1.75. The molecule has 0 fully saturated rings. The van der Waals surface area contributed by atoms with Gasteiger partial charge in [-0.15, -0.1) is 11.3 Å². The Hall–Kier alpha value is -0.750. The highest BCUT2D eigenvalue weighted by molar-refractivity contribution is 7.16. The molecule has 1 aliphatic rings. The van der Waals surface area contributed by atoms with Gasteiger partial charge < -0.3 is 0 Å². The number of nitrogens with zero attached hydrogens (tertiary/aromatic N) is 4. The van der Waals surface area contributed by atoms with Crippen molar-refractivity contribution in [2.24, 2.45) is 0 Å². The van der Waals surface area contributed by atoms with E-state index in [1.165, 1.54) is 16.9 Å². The van der Waals surface area contributed by atoms with Crippen molar-refractivity contribution in [3.8, 4) is 0 Å². The third-order valence-corrected chi connectivity index (χ3v) is 4.69. The normalized spacial score (nSPS) is 15.5. The highest BCUT2D eigenvalue weighted by atomic mass is 35.5. The third kappa shape index (κ3) is 2.89. The minimum atomic E-state index is 0.497. The number of hydrogen-bond acceptors (Lipinski definition) is 5. The second-order valence-corrected chi connectivity index (χ2v) is 6.55. The van der Waals surface area contributed by atoms with Crippen molar-refractivity contribution < 1.29 is 0 Å². The SMILES string of the molecule is Cc1ncc2c(n1)CCN(Cc1sc(Cl)nc1Cl)C2. The second-order valence-electron chi connectivity index (χ2n) is 4.53. The van der Waals surface area contributed by atoms with Gasteiger partial charge in [0.15, 0.2) is 4.47 Å². The maximum Gasteiger partial charge on any atom is 0.185 e. The molecule has 4 nitrogen and oxygen atoms in total. The minimum absolute atomic E-state index is 0.497. The number of hydrogen-bond donors (Lipinski definition) is 0. The molecule has 0 saturated heterocycles. The van der Waals surface area contributed by atoms with E-state index in [1.54, 1.807) is 0 Å². The largest absolute Gasteiger partial charge is 0.293 e. The van der Waals surface area contributed by atoms with Crippen LogP contribution in [-0.4, -0.2) is 26.4 Å². The highest BCUT2D eigenvalue weighted by Gasteiger charge is 2.20. The lowest BCUT2D eigenvalue weighted by molar-refractivity contribution is 0.244. The maximum atomic E-state index is 6.05. The summed E-state index contributed by atoms with van der Waals surface area (Å²) >= 11 is 13.4. The van der Waals surface area contributed by atoms with Crippen LogP contribution in [0.1, 0.15) is 22.0 Å². The Labute approximate surface area is 125 Å². The Morgan fingerprint density at radius 3 is 2.95 bits per heavy atom. The first kappa shape index (κ1) is 13.2. The molecule has 2 aromatic rings. The molecule has 0 aromatic carbocycles. The van der Waals surface area contributed by atoms with Gasteiger partial charge >= 0.3 is 0 Å². The standard InChI is InChI=1S/C12H12Cl2N4S/c1-7-15-4-8-5-18(3-2-9(8)16-7)6-10-11(13)17-12(14)19-10/h4H,2-3,5-6H2,1H3. The summed E-state index contributed by atoms with van der Waals surface area (Å²) in [5.74, 6) is 0.837. The molecule has 0 spiro atoms. The third-order valence-electron chi connectivity index (χ3n) is 3.12. The van der Waals surface area contributed by atoms with Crippen molar-refractivity contribution in [3.63, 3.8) is 0 Å². The molecule has 100 valence electrons. The van der Waals surface area contributed by atoms with Gasteiger partial charge in [-0.3, -0.25) is 4.90 Å². The zero-order chi connectivity index (χ0) is 13.4. The number of halogens is 2. The molecule has 1 aliphatic heterocycles. The Morgan fingerprint density at radius 1 is 1.37 bits per heavy atom. The van der Waals surface area contributed by atoms with Gasteiger partial charge in [-0.2, -0.15) is 0 Å². The highest BCUT2D eigenvalue weighted by Crippen LogP contribution is 2.29. The summed E-state index contributed by atoms with van der Waals surface area (Å²) in [4.78, 5) is 16.1. The van der Waals surface area contributed by atoms with Crippen LogP contribution in [0.5, 0.6) is 0 Å². The lowest BCUT2D eigenvalue weighted by Crippen LogP contribution is -2.30. The molecule has 0 atom stereocenters. The van der Waals surface area contributed by atoms with Gasteiger partial charge in [0.1, 0.15) is 11.0 Å². The number of rotatable bonds is 2. The lowest BCUT2D eigenvalue weighted by Gasteiger charge is -2.27. The van der Waals surface area contributed by atoms with E-state index in [0.29, 0.717) is 9.62 Å². The van der Waals surface area contributed by atoms with Crippen LogP contribution < -0.4 is 0 Å². The molecule has 3 rings (SSSR count). The van der Waals surface area contributed by atoms with E-state index in [9.17, 15) is 0 Å². The molecule has 2 aromatic heterocycles. The van der Waals surface area contributed by atoms with Crippen molar-refractivity contribution in [2.45, 2.75) is 26.4 Å². The summed E-state index contributed by atoms with van der Waals surface area (Å²) in [6.45, 7) is 4.51. The summed E-state index contributed by atoms with van der Waals surface area (Å²) < 4.78 is 0.497. The van der Waals surface area contributed by atoms with Crippen molar-refractivity contribution in [1.82, 2.24) is 19.9 Å². The summed E-state index contributed by atoms with van der Waals surface area (Å²) in [5, 5.41) is 0.515. The smallest absolute Gasteiger partial charge is 0.185 e. The van der Waals surface area contributed by atoms with E-state index in [4.69, 9.17) is 23.2 Å². The zero-order valence-corrected chi connectivity index (χ0v) is 12.7. The monoisotopic (exact) mass is 314 g/mol. The van der Waals surface area contributed by atoms with Gasteiger partial charge in [0.2, 0.25) is 0 Å². The van der Waals surface area contributed by atoms with Gasteiger partial charge in [0, 0.05) is 43.5 Å². The topological polar surface area (TPSA) is 41.9 Å². The lowest BCUT2D eigenvalue weighted by atomic mass is 10.1. The first-order chi connectivity index (χ1) is 9.11. The van der Waals surface area contributed by atoms with E-state index < -0.39 is 0 Å². The van der Waals surface area contributed by atoms with Crippen LogP contribution in [0, 0.1) is 6.92 Å². The van der Waals surface area contributed by atoms with Crippen LogP contribution in [0.25, 0.3) is 0 Å². The van der Waals surface area contributed by atoms with Gasteiger partial charge in [0.05, 0.1) is 4.88 Å². The molecule has 0 radical (unpaired) electrons. The molecule has 19 heavy (non-hydrogen) atoms. The molecule has 0 unspecified atom stereocenters. The van der Waals surface area contributed by atoms with E-state index in [0.717, 1.165) is 42.5 Å². The quantitative estimate of drug-likeness (QED) is 0.854. The van der Waals surface area contributed by atoms with Crippen LogP contribution in [-0.2, 0) is 19.5 Å². The average Bonchev–Trinajstić information content (AvgIpc) is 2.68. The number of aryl methyl sites for hydroxylation is 1. The molecule has 3 heterocycles. The van der Waals surface area contributed by atoms with Crippen LogP contribution in [0.4, 0.5) is 0 Å². The number of thiazole rings is 1. The van der Waals surface area contributed by atoms with Crippen molar-refractivity contribution in [3.05, 3.63) is 37.8 Å². The Bertz CT molecular complexity index is 614. The molecule has 0 bridgehead atoms. The van der Waals surface area contributed by atoms with E-state index in [1.807, 2.05) is 13.1 Å². The molecule has 0 amide bonds. The first-order valence-electron chi connectivity index (χ1n) is 5.96. The van der Waals surface area contributed by atoms with Crippen molar-refractivity contribution in [2.75, 3.05) is 6.54 Å². The molecule has 7 heteroatoms. The van der Waals surface area contributed by atoms with E-state index in [-0.39, 0.29) is 0 Å². The molecule has 0 aliphatic carbocycles. The fraction of sp³-hybridized carbons (Fsp3) is 0.417. The second kappa shape index (κ2) is 5.32. The van der Waals surface area contributed by atoms with Crippen molar-refractivity contribution >= 4 is 34.5 Å². The molecule has 0 N–H and O–H groups in total. The molecular formula is C12H12Cl2N4S. The summed E-state index contributed by atoms with van der Waals surface area (Å²) in [6.07, 6.45) is 2.87. The molecule has 0 saturated carbocycles. The zero-order valence-electron chi connectivity index (χ0n) is 10.4. The van der Waals surface area contributed by atoms with Crippen molar-refractivity contribution in [1.29, 1.82) is 0 Å². The summed E-state index contributed by atoms with van der Waals surface area (Å²) in [5.41, 5.74) is 2.36. The average molecular weight is 315 g/mol. The van der Waals surface area contributed by atoms with Gasteiger partial charge in [-0.1, -0.05) is 23.2 Å². The Morgan fingerprint density at radius 2 is 2.21 bits per heavy atom. The van der Waals surface area contributed by atoms with Crippen LogP contribution in [0.2, 0.25) is 9.62 Å². The number of fused-ring (bicyclic) bond motifs is 1. The summed E-state index contributed by atoms with van der Waals surface area (Å²) in [6, 6.07) is 0. The molecular weight excluding hydrogens is 303 g/mol. The maximum absolute atomic E-state index is 6.05. The van der Waals surface area contributed by atoms with E-state index >= 15 is 0 Å². The fourth-order valence-electron chi connectivity index (χ4n) is 2.22. The number of aromatic nitrogens is 3. The minimum Gasteiger partial charge on any atom is -0.293 e. The van der Waals surface area contributed by atoms with Crippen LogP contribution >= 0.6 is 34.5 Å². The van der Waals surface area contributed by atoms with Crippen LogP contribution in [0.15, 0.2) is 6.20 Å². The van der Waals surface area contributed by atoms with E-state index in [2.05, 4.69) is 19.9 Å². The first-order valence-corrected chi connectivity index (χ1v) is 7.53. The predicted octanol–water partition coefficient (Wildman–Crippen LogP) is 3.11. The fourth-order valence-corrected chi connectivity index (χ4v) is 3.65. The predicted molar refractivity (Wildman–Crippen MR) is 76.7 cm³/mol. The summed E-state index contributed by atoms with van der Waals surface area (Å²) in [7, 11) is 0. The Kier molecular flexibility index (Phi) is 3.71. The van der Waals surface area contributed by atoms with Crippen LogP contribution in [0.3, 0.4) is 0 Å².